The first-order chi connectivity index (χ1) is 13.5. The molecule has 7 heteroatoms. The van der Waals surface area contributed by atoms with Crippen LogP contribution in [-0.4, -0.2) is 42.2 Å². The SMILES string of the molecule is NC(=O)COc1ccccc1C(=O)N1CCCC(C(=O)c2ccc(F)cc2)C1. The van der Waals surface area contributed by atoms with Crippen molar-refractivity contribution in [1.82, 2.24) is 4.90 Å². The number of rotatable bonds is 6. The predicted octanol–water partition coefficient (Wildman–Crippen LogP) is 2.42. The molecular formula is C21H21FN2O4. The predicted molar refractivity (Wildman–Crippen MR) is 100 cm³/mol. The smallest absolute Gasteiger partial charge is 0.257 e. The third kappa shape index (κ3) is 4.54. The third-order valence-corrected chi connectivity index (χ3v) is 4.70. The van der Waals surface area contributed by atoms with Crippen molar-refractivity contribution < 1.29 is 23.5 Å². The summed E-state index contributed by atoms with van der Waals surface area (Å²) < 4.78 is 18.4. The van der Waals surface area contributed by atoms with Crippen LogP contribution >= 0.6 is 0 Å². The lowest BCUT2D eigenvalue weighted by atomic mass is 9.89. The molecule has 2 amide bonds. The van der Waals surface area contributed by atoms with E-state index in [1.165, 1.54) is 24.3 Å². The number of nitrogens with two attached hydrogens (primary N) is 1. The summed E-state index contributed by atoms with van der Waals surface area (Å²) in [7, 11) is 0. The highest BCUT2D eigenvalue weighted by atomic mass is 19.1. The lowest BCUT2D eigenvalue weighted by molar-refractivity contribution is -0.119. The molecule has 0 saturated carbocycles. The average molecular weight is 384 g/mol. The Morgan fingerprint density at radius 3 is 2.54 bits per heavy atom. The number of piperidine rings is 1. The van der Waals surface area contributed by atoms with Gasteiger partial charge in [0.25, 0.3) is 11.8 Å². The van der Waals surface area contributed by atoms with Gasteiger partial charge in [-0.1, -0.05) is 12.1 Å². The number of likely N-dealkylation sites (tertiary alicyclic amines) is 1. The Hall–Kier alpha value is -3.22. The molecule has 1 saturated heterocycles. The van der Waals surface area contributed by atoms with Crippen molar-refractivity contribution in [2.45, 2.75) is 12.8 Å². The molecule has 1 atom stereocenters. The molecule has 2 N–H and O–H groups in total. The maximum absolute atomic E-state index is 13.1. The van der Waals surface area contributed by atoms with Gasteiger partial charge in [0.1, 0.15) is 11.6 Å². The lowest BCUT2D eigenvalue weighted by Gasteiger charge is -2.32. The van der Waals surface area contributed by atoms with Crippen LogP contribution < -0.4 is 10.5 Å². The molecule has 0 bridgehead atoms. The van der Waals surface area contributed by atoms with E-state index in [4.69, 9.17) is 10.5 Å². The van der Waals surface area contributed by atoms with Crippen LogP contribution in [0.1, 0.15) is 33.6 Å². The monoisotopic (exact) mass is 384 g/mol. The molecule has 0 aliphatic carbocycles. The van der Waals surface area contributed by atoms with E-state index >= 15 is 0 Å². The fourth-order valence-corrected chi connectivity index (χ4v) is 3.31. The van der Waals surface area contributed by atoms with Gasteiger partial charge >= 0.3 is 0 Å². The fraction of sp³-hybridized carbons (Fsp3) is 0.286. The Labute approximate surface area is 162 Å². The zero-order chi connectivity index (χ0) is 20.1. The zero-order valence-electron chi connectivity index (χ0n) is 15.3. The fourth-order valence-electron chi connectivity index (χ4n) is 3.31. The van der Waals surface area contributed by atoms with E-state index in [-0.39, 0.29) is 36.5 Å². The molecule has 28 heavy (non-hydrogen) atoms. The highest BCUT2D eigenvalue weighted by Gasteiger charge is 2.30. The minimum absolute atomic E-state index is 0.101. The number of carbonyl (C=O) groups excluding carboxylic acids is 3. The third-order valence-electron chi connectivity index (χ3n) is 4.70. The Morgan fingerprint density at radius 1 is 1.11 bits per heavy atom. The summed E-state index contributed by atoms with van der Waals surface area (Å²) >= 11 is 0. The Kier molecular flexibility index (Phi) is 6.03. The van der Waals surface area contributed by atoms with Crippen molar-refractivity contribution in [1.29, 1.82) is 0 Å². The number of amides is 2. The summed E-state index contributed by atoms with van der Waals surface area (Å²) in [5.74, 6) is -1.47. The number of benzene rings is 2. The molecular weight excluding hydrogens is 363 g/mol. The summed E-state index contributed by atoms with van der Waals surface area (Å²) in [4.78, 5) is 38.3. The topological polar surface area (TPSA) is 89.7 Å². The summed E-state index contributed by atoms with van der Waals surface area (Å²) in [5.41, 5.74) is 5.86. The largest absolute Gasteiger partial charge is 0.483 e. The standard InChI is InChI=1S/C21H21FN2O4/c22-16-9-7-14(8-10-16)20(26)15-4-3-11-24(12-15)21(27)17-5-1-2-6-18(17)28-13-19(23)25/h1-2,5-10,15H,3-4,11-13H2,(H2,23,25). The van der Waals surface area contributed by atoms with Crippen LogP contribution in [0.3, 0.4) is 0 Å². The molecule has 1 fully saturated rings. The molecule has 1 heterocycles. The highest BCUT2D eigenvalue weighted by Crippen LogP contribution is 2.25. The maximum Gasteiger partial charge on any atom is 0.257 e. The number of para-hydroxylation sites is 1. The Morgan fingerprint density at radius 2 is 1.82 bits per heavy atom. The van der Waals surface area contributed by atoms with Crippen LogP contribution in [0.2, 0.25) is 0 Å². The van der Waals surface area contributed by atoms with E-state index in [2.05, 4.69) is 0 Å². The first kappa shape index (κ1) is 19.5. The molecule has 1 aliphatic rings. The number of primary amides is 1. The number of nitrogens with zero attached hydrogens (tertiary/aromatic N) is 1. The van der Waals surface area contributed by atoms with E-state index in [9.17, 15) is 18.8 Å². The van der Waals surface area contributed by atoms with Crippen molar-refractivity contribution in [3.8, 4) is 5.75 Å². The van der Waals surface area contributed by atoms with E-state index < -0.39 is 11.7 Å². The quantitative estimate of drug-likeness (QED) is 0.775. The molecule has 6 nitrogen and oxygen atoms in total. The molecule has 146 valence electrons. The number of ketones is 1. The summed E-state index contributed by atoms with van der Waals surface area (Å²) in [5, 5.41) is 0. The van der Waals surface area contributed by atoms with Crippen molar-refractivity contribution in [3.63, 3.8) is 0 Å². The molecule has 2 aromatic rings. The van der Waals surface area contributed by atoms with E-state index in [1.807, 2.05) is 0 Å². The van der Waals surface area contributed by atoms with Crippen LogP contribution in [0.25, 0.3) is 0 Å². The highest BCUT2D eigenvalue weighted by molar-refractivity contribution is 6.00. The minimum atomic E-state index is -0.634. The molecule has 0 spiro atoms. The van der Waals surface area contributed by atoms with Gasteiger partial charge in [0, 0.05) is 24.6 Å². The van der Waals surface area contributed by atoms with Gasteiger partial charge in [-0.05, 0) is 49.2 Å². The van der Waals surface area contributed by atoms with Crippen LogP contribution in [0.5, 0.6) is 5.75 Å². The van der Waals surface area contributed by atoms with Crippen LogP contribution in [0.4, 0.5) is 4.39 Å². The number of ether oxygens (including phenoxy) is 1. The minimum Gasteiger partial charge on any atom is -0.483 e. The number of hydrogen-bond acceptors (Lipinski definition) is 4. The van der Waals surface area contributed by atoms with Gasteiger partial charge in [0.15, 0.2) is 12.4 Å². The normalized spacial score (nSPS) is 16.5. The second kappa shape index (κ2) is 8.65. The number of halogens is 1. The van der Waals surface area contributed by atoms with Crippen molar-refractivity contribution >= 4 is 17.6 Å². The van der Waals surface area contributed by atoms with Gasteiger partial charge < -0.3 is 15.4 Å². The van der Waals surface area contributed by atoms with E-state index in [1.54, 1.807) is 29.2 Å². The zero-order valence-corrected chi connectivity index (χ0v) is 15.3. The number of Topliss-reactive ketones (excluding diaryl/α,β-unsaturated/α-hetero) is 1. The van der Waals surface area contributed by atoms with Gasteiger partial charge in [0.05, 0.1) is 5.56 Å². The van der Waals surface area contributed by atoms with Gasteiger partial charge in [-0.2, -0.15) is 0 Å². The molecule has 3 rings (SSSR count). The lowest BCUT2D eigenvalue weighted by Crippen LogP contribution is -2.42. The molecule has 0 radical (unpaired) electrons. The summed E-state index contributed by atoms with van der Waals surface area (Å²) in [6, 6.07) is 12.1. The summed E-state index contributed by atoms with van der Waals surface area (Å²) in [6.45, 7) is 0.478. The van der Waals surface area contributed by atoms with Crippen molar-refractivity contribution in [2.75, 3.05) is 19.7 Å². The first-order valence-electron chi connectivity index (χ1n) is 9.05. The summed E-state index contributed by atoms with van der Waals surface area (Å²) in [6.07, 6.45) is 1.35. The second-order valence-corrected chi connectivity index (χ2v) is 6.71. The number of carbonyl (C=O) groups is 3. The van der Waals surface area contributed by atoms with Crippen LogP contribution in [0.15, 0.2) is 48.5 Å². The van der Waals surface area contributed by atoms with Crippen LogP contribution in [0, 0.1) is 11.7 Å². The first-order valence-corrected chi connectivity index (χ1v) is 9.05. The van der Waals surface area contributed by atoms with Gasteiger partial charge in [-0.15, -0.1) is 0 Å². The molecule has 2 aromatic carbocycles. The van der Waals surface area contributed by atoms with Gasteiger partial charge in [0.2, 0.25) is 0 Å². The average Bonchev–Trinajstić information content (AvgIpc) is 2.72. The van der Waals surface area contributed by atoms with Crippen molar-refractivity contribution in [2.24, 2.45) is 11.7 Å². The van der Waals surface area contributed by atoms with Crippen LogP contribution in [-0.2, 0) is 4.79 Å². The Balaban J connectivity index is 1.73. The maximum atomic E-state index is 13.1. The molecule has 1 aliphatic heterocycles. The molecule has 1 unspecified atom stereocenters. The second-order valence-electron chi connectivity index (χ2n) is 6.71. The molecule has 0 aromatic heterocycles. The van der Waals surface area contributed by atoms with Crippen molar-refractivity contribution in [3.05, 3.63) is 65.5 Å². The van der Waals surface area contributed by atoms with E-state index in [0.717, 1.165) is 0 Å². The number of hydrogen-bond donors (Lipinski definition) is 1. The van der Waals surface area contributed by atoms with Gasteiger partial charge in [-0.3, -0.25) is 14.4 Å². The van der Waals surface area contributed by atoms with Gasteiger partial charge in [-0.25, -0.2) is 4.39 Å². The Bertz CT molecular complexity index is 882. The van der Waals surface area contributed by atoms with E-state index in [0.29, 0.717) is 30.5 Å².